The summed E-state index contributed by atoms with van der Waals surface area (Å²) in [4.78, 5) is 72.0. The first-order valence-electron chi connectivity index (χ1n) is 35.8. The van der Waals surface area contributed by atoms with Gasteiger partial charge in [0, 0.05) is 25.7 Å². The van der Waals surface area contributed by atoms with E-state index in [0.29, 0.717) is 25.7 Å². The lowest BCUT2D eigenvalue weighted by Gasteiger charge is -2.21. The van der Waals surface area contributed by atoms with Crippen molar-refractivity contribution in [3.63, 3.8) is 0 Å². The predicted octanol–water partition coefficient (Wildman–Crippen LogP) is 19.5. The third kappa shape index (κ3) is 62.6. The Bertz CT molecular complexity index is 1670. The van der Waals surface area contributed by atoms with Gasteiger partial charge in [0.15, 0.2) is 12.2 Å². The fourth-order valence-electron chi connectivity index (χ4n) is 10.3. The fraction of sp³-hybridized carbons (Fsp3) is 0.941. The molecule has 2 unspecified atom stereocenters. The Hall–Kier alpha value is -1.94. The number of phosphoric acid groups is 2. The molecule has 87 heavy (non-hydrogen) atoms. The number of unbranched alkanes of at least 4 members (excludes halogenated alkanes) is 43. The molecule has 0 heterocycles. The number of ether oxygens (including phenoxy) is 4. The average Bonchev–Trinajstić information content (AvgIpc) is 3.63. The lowest BCUT2D eigenvalue weighted by molar-refractivity contribution is -0.161. The highest BCUT2D eigenvalue weighted by Gasteiger charge is 2.30. The van der Waals surface area contributed by atoms with Crippen LogP contribution in [0.3, 0.4) is 0 Å². The molecule has 0 saturated heterocycles. The third-order valence-corrected chi connectivity index (χ3v) is 17.8. The van der Waals surface area contributed by atoms with E-state index in [4.69, 9.17) is 37.0 Å². The second-order valence-corrected chi connectivity index (χ2v) is 27.5. The molecule has 19 heteroatoms. The highest BCUT2D eigenvalue weighted by Crippen LogP contribution is 2.45. The second-order valence-electron chi connectivity index (χ2n) is 24.6. The van der Waals surface area contributed by atoms with Crippen LogP contribution in [0.1, 0.15) is 355 Å². The van der Waals surface area contributed by atoms with Crippen molar-refractivity contribution in [1.29, 1.82) is 0 Å². The molecule has 0 aromatic heterocycles. The first-order chi connectivity index (χ1) is 42.2. The summed E-state index contributed by atoms with van der Waals surface area (Å²) in [6.07, 6.45) is 50.7. The number of hydrogen-bond donors (Lipinski definition) is 3. The Balaban J connectivity index is 5.07. The molecule has 0 aliphatic heterocycles. The predicted molar refractivity (Wildman–Crippen MR) is 349 cm³/mol. The first-order valence-corrected chi connectivity index (χ1v) is 38.8. The Kier molecular flexibility index (Phi) is 61.4. The summed E-state index contributed by atoms with van der Waals surface area (Å²) in [5.74, 6) is -2.14. The van der Waals surface area contributed by atoms with Gasteiger partial charge in [-0.25, -0.2) is 9.13 Å². The van der Waals surface area contributed by atoms with Gasteiger partial charge in [-0.05, 0) is 25.7 Å². The molecule has 0 fully saturated rings. The van der Waals surface area contributed by atoms with Gasteiger partial charge in [-0.1, -0.05) is 304 Å². The summed E-state index contributed by atoms with van der Waals surface area (Å²) in [6.45, 7) is 4.79. The van der Waals surface area contributed by atoms with E-state index in [2.05, 4.69) is 27.7 Å². The van der Waals surface area contributed by atoms with Gasteiger partial charge in [0.2, 0.25) is 0 Å². The largest absolute Gasteiger partial charge is 0.472 e. The summed E-state index contributed by atoms with van der Waals surface area (Å²) in [6, 6.07) is 0. The van der Waals surface area contributed by atoms with E-state index in [-0.39, 0.29) is 25.7 Å². The zero-order valence-electron chi connectivity index (χ0n) is 56.0. The van der Waals surface area contributed by atoms with Crippen molar-refractivity contribution in [2.45, 2.75) is 373 Å². The van der Waals surface area contributed by atoms with Gasteiger partial charge in [-0.15, -0.1) is 0 Å². The summed E-state index contributed by atoms with van der Waals surface area (Å²) in [7, 11) is -9.88. The molecule has 0 aliphatic rings. The summed E-state index contributed by atoms with van der Waals surface area (Å²) >= 11 is 0. The van der Waals surface area contributed by atoms with Gasteiger partial charge in [0.25, 0.3) is 0 Å². The molecule has 0 aromatic rings. The van der Waals surface area contributed by atoms with Crippen LogP contribution >= 0.6 is 15.6 Å². The smallest absolute Gasteiger partial charge is 0.462 e. The first kappa shape index (κ1) is 85.1. The minimum absolute atomic E-state index is 0.103. The minimum atomic E-state index is -4.95. The zero-order valence-corrected chi connectivity index (χ0v) is 57.8. The molecule has 516 valence electrons. The van der Waals surface area contributed by atoms with Gasteiger partial charge in [-0.2, -0.15) is 0 Å². The summed E-state index contributed by atoms with van der Waals surface area (Å²) in [5.41, 5.74) is 0. The molecule has 0 bridgehead atoms. The van der Waals surface area contributed by atoms with Crippen LogP contribution in [0.5, 0.6) is 0 Å². The Morgan fingerprint density at radius 3 is 0.678 bits per heavy atom. The van der Waals surface area contributed by atoms with Crippen LogP contribution in [0.2, 0.25) is 0 Å². The Labute approximate surface area is 530 Å². The van der Waals surface area contributed by atoms with E-state index < -0.39 is 97.5 Å². The van der Waals surface area contributed by atoms with E-state index in [1.165, 1.54) is 167 Å². The monoisotopic (exact) mass is 1280 g/mol. The second kappa shape index (κ2) is 62.8. The molecule has 0 rings (SSSR count). The van der Waals surface area contributed by atoms with Crippen molar-refractivity contribution in [2.24, 2.45) is 0 Å². The van der Waals surface area contributed by atoms with Crippen LogP contribution in [-0.4, -0.2) is 96.7 Å². The SMILES string of the molecule is CCCCCCCCCCCCCCCCCCCCCCCC(=O)O[C@H](COC(=O)CCCCCCCCCCCCCCCC)COP(=O)(O)OC[C@@H](O)COP(=O)(O)OC[C@@H](COC(=O)CCCCCCC)OC(=O)CCCCCCCCC. The Morgan fingerprint density at radius 1 is 0.276 bits per heavy atom. The number of esters is 4. The van der Waals surface area contributed by atoms with Crippen LogP contribution in [0.15, 0.2) is 0 Å². The maximum absolute atomic E-state index is 13.0. The molecule has 0 saturated carbocycles. The molecule has 0 aliphatic carbocycles. The molecular weight excluding hydrogens is 1150 g/mol. The summed E-state index contributed by atoms with van der Waals surface area (Å²) in [5, 5.41) is 10.5. The molecule has 0 spiro atoms. The Morgan fingerprint density at radius 2 is 0.460 bits per heavy atom. The topological polar surface area (TPSA) is 237 Å². The van der Waals surface area contributed by atoms with Crippen molar-refractivity contribution in [2.75, 3.05) is 39.6 Å². The number of hydrogen-bond acceptors (Lipinski definition) is 15. The van der Waals surface area contributed by atoms with Crippen molar-refractivity contribution in [3.8, 4) is 0 Å². The van der Waals surface area contributed by atoms with Crippen LogP contribution < -0.4 is 0 Å². The number of carbonyl (C=O) groups is 4. The van der Waals surface area contributed by atoms with Gasteiger partial charge in [-0.3, -0.25) is 37.3 Å². The lowest BCUT2D eigenvalue weighted by atomic mass is 10.0. The van der Waals surface area contributed by atoms with Crippen molar-refractivity contribution < 1.29 is 80.2 Å². The standard InChI is InChI=1S/C68H132O17P2/c1-5-9-13-17-20-22-24-26-28-29-30-31-32-33-34-36-38-40-43-47-51-55-68(73)85-64(59-79-66(71)53-49-45-42-39-37-35-27-25-23-21-18-14-10-6-2)61-83-87(76,77)81-57-62(69)56-80-86(74,75)82-60-63(58-78-65(70)52-48-44-16-12-8-4)84-67(72)54-50-46-41-19-15-11-7-3/h62-64,69H,5-61H2,1-4H3,(H,74,75)(H,76,77)/t62-,63+,64+/m0/s1. The van der Waals surface area contributed by atoms with Gasteiger partial charge in [0.05, 0.1) is 26.4 Å². The maximum Gasteiger partial charge on any atom is 0.472 e. The number of phosphoric ester groups is 2. The third-order valence-electron chi connectivity index (χ3n) is 15.9. The van der Waals surface area contributed by atoms with Crippen LogP contribution in [0, 0.1) is 0 Å². The highest BCUT2D eigenvalue weighted by atomic mass is 31.2. The van der Waals surface area contributed by atoms with E-state index in [1.807, 2.05) is 0 Å². The highest BCUT2D eigenvalue weighted by molar-refractivity contribution is 7.47. The van der Waals surface area contributed by atoms with E-state index in [9.17, 15) is 43.2 Å². The molecule has 5 atom stereocenters. The summed E-state index contributed by atoms with van der Waals surface area (Å²) < 4.78 is 67.8. The van der Waals surface area contributed by atoms with Gasteiger partial charge >= 0.3 is 39.5 Å². The van der Waals surface area contributed by atoms with Crippen molar-refractivity contribution >= 4 is 39.5 Å². The number of aliphatic hydroxyl groups excluding tert-OH is 1. The molecule has 0 radical (unpaired) electrons. The van der Waals surface area contributed by atoms with E-state index >= 15 is 0 Å². The molecular formula is C68H132O17P2. The van der Waals surface area contributed by atoms with Crippen molar-refractivity contribution in [3.05, 3.63) is 0 Å². The molecule has 0 aromatic carbocycles. The lowest BCUT2D eigenvalue weighted by Crippen LogP contribution is -2.30. The van der Waals surface area contributed by atoms with Gasteiger partial charge in [0.1, 0.15) is 19.3 Å². The zero-order chi connectivity index (χ0) is 64.0. The molecule has 17 nitrogen and oxygen atoms in total. The van der Waals surface area contributed by atoms with Crippen LogP contribution in [-0.2, 0) is 65.4 Å². The molecule has 3 N–H and O–H groups in total. The quantitative estimate of drug-likeness (QED) is 0.0222. The van der Waals surface area contributed by atoms with E-state index in [0.717, 1.165) is 109 Å². The average molecular weight is 1280 g/mol. The van der Waals surface area contributed by atoms with E-state index in [1.54, 1.807) is 0 Å². The fourth-order valence-corrected chi connectivity index (χ4v) is 11.9. The van der Waals surface area contributed by atoms with Gasteiger partial charge < -0.3 is 33.8 Å². The maximum atomic E-state index is 13.0. The normalized spacial score (nSPS) is 14.1. The number of rotatable bonds is 69. The van der Waals surface area contributed by atoms with Crippen molar-refractivity contribution in [1.82, 2.24) is 0 Å². The number of aliphatic hydroxyl groups is 1. The van der Waals surface area contributed by atoms with Crippen LogP contribution in [0.25, 0.3) is 0 Å². The number of carbonyl (C=O) groups excluding carboxylic acids is 4. The minimum Gasteiger partial charge on any atom is -0.462 e. The van der Waals surface area contributed by atoms with Crippen LogP contribution in [0.4, 0.5) is 0 Å². The molecule has 0 amide bonds.